The standard InChI is InChI=1S/C18H27N3OS/c1-3-4-13-21(2)18(19-11-9-16-7-5-14-22-16)20-12-10-17-8-6-15-23-17/h5-8,14-15H,3-4,9-13H2,1-2H3,(H,19,20). The van der Waals surface area contributed by atoms with Crippen LogP contribution >= 0.6 is 11.3 Å². The zero-order valence-corrected chi connectivity index (χ0v) is 14.9. The SMILES string of the molecule is CCCCN(C)C(=NCCc1cccs1)NCCc1ccco1. The maximum absolute atomic E-state index is 5.38. The molecule has 126 valence electrons. The first-order valence-corrected chi connectivity index (χ1v) is 9.21. The number of nitrogens with zero attached hydrogens (tertiary/aromatic N) is 2. The van der Waals surface area contributed by atoms with Crippen molar-refractivity contribution in [3.63, 3.8) is 0 Å². The van der Waals surface area contributed by atoms with Crippen LogP contribution in [0, 0.1) is 0 Å². The van der Waals surface area contributed by atoms with Crippen LogP contribution in [0.2, 0.25) is 0 Å². The van der Waals surface area contributed by atoms with E-state index < -0.39 is 0 Å². The fraction of sp³-hybridized carbons (Fsp3) is 0.500. The molecule has 0 fully saturated rings. The summed E-state index contributed by atoms with van der Waals surface area (Å²) in [6.45, 7) is 4.90. The summed E-state index contributed by atoms with van der Waals surface area (Å²) in [7, 11) is 2.11. The van der Waals surface area contributed by atoms with Gasteiger partial charge in [-0.05, 0) is 30.0 Å². The largest absolute Gasteiger partial charge is 0.469 e. The highest BCUT2D eigenvalue weighted by Gasteiger charge is 2.06. The van der Waals surface area contributed by atoms with E-state index in [1.54, 1.807) is 17.6 Å². The van der Waals surface area contributed by atoms with Gasteiger partial charge < -0.3 is 14.6 Å². The summed E-state index contributed by atoms with van der Waals surface area (Å²) in [5.74, 6) is 1.99. The van der Waals surface area contributed by atoms with E-state index in [4.69, 9.17) is 9.41 Å². The Kier molecular flexibility index (Phi) is 7.73. The Morgan fingerprint density at radius 3 is 2.91 bits per heavy atom. The predicted octanol–water partition coefficient (Wildman–Crippen LogP) is 3.80. The number of nitrogens with one attached hydrogen (secondary N) is 1. The molecule has 23 heavy (non-hydrogen) atoms. The third-order valence-electron chi connectivity index (χ3n) is 3.64. The van der Waals surface area contributed by atoms with Crippen molar-refractivity contribution in [2.45, 2.75) is 32.6 Å². The molecule has 0 saturated heterocycles. The molecule has 0 bridgehead atoms. The smallest absolute Gasteiger partial charge is 0.193 e. The highest BCUT2D eigenvalue weighted by Crippen LogP contribution is 2.09. The van der Waals surface area contributed by atoms with E-state index >= 15 is 0 Å². The second kappa shape index (κ2) is 10.1. The van der Waals surface area contributed by atoms with Crippen molar-refractivity contribution in [1.29, 1.82) is 0 Å². The van der Waals surface area contributed by atoms with Gasteiger partial charge in [0.1, 0.15) is 5.76 Å². The van der Waals surface area contributed by atoms with E-state index in [2.05, 4.69) is 41.7 Å². The van der Waals surface area contributed by atoms with Crippen LogP contribution < -0.4 is 5.32 Å². The quantitative estimate of drug-likeness (QED) is 0.560. The Bertz CT molecular complexity index is 549. The Morgan fingerprint density at radius 2 is 2.22 bits per heavy atom. The van der Waals surface area contributed by atoms with Crippen molar-refractivity contribution in [3.8, 4) is 0 Å². The van der Waals surface area contributed by atoms with Gasteiger partial charge in [-0.3, -0.25) is 4.99 Å². The van der Waals surface area contributed by atoms with Crippen LogP contribution in [0.1, 0.15) is 30.4 Å². The second-order valence-electron chi connectivity index (χ2n) is 5.57. The van der Waals surface area contributed by atoms with Crippen LogP contribution in [0.25, 0.3) is 0 Å². The van der Waals surface area contributed by atoms with Crippen molar-refractivity contribution in [1.82, 2.24) is 10.2 Å². The number of aliphatic imine (C=N–C) groups is 1. The van der Waals surface area contributed by atoms with Crippen molar-refractivity contribution < 1.29 is 4.42 Å². The molecule has 1 N–H and O–H groups in total. The lowest BCUT2D eigenvalue weighted by atomic mass is 10.3. The van der Waals surface area contributed by atoms with E-state index in [-0.39, 0.29) is 0 Å². The van der Waals surface area contributed by atoms with Crippen molar-refractivity contribution >= 4 is 17.3 Å². The fourth-order valence-electron chi connectivity index (χ4n) is 2.29. The minimum absolute atomic E-state index is 0.820. The molecular weight excluding hydrogens is 306 g/mol. The van der Waals surface area contributed by atoms with Gasteiger partial charge >= 0.3 is 0 Å². The first-order chi connectivity index (χ1) is 11.3. The monoisotopic (exact) mass is 333 g/mol. The predicted molar refractivity (Wildman–Crippen MR) is 98.3 cm³/mol. The maximum atomic E-state index is 5.38. The second-order valence-corrected chi connectivity index (χ2v) is 6.60. The topological polar surface area (TPSA) is 40.8 Å². The Hall–Kier alpha value is -1.75. The fourth-order valence-corrected chi connectivity index (χ4v) is 2.99. The van der Waals surface area contributed by atoms with Gasteiger partial charge in [0.15, 0.2) is 5.96 Å². The third-order valence-corrected chi connectivity index (χ3v) is 4.58. The van der Waals surface area contributed by atoms with Crippen LogP contribution in [-0.4, -0.2) is 37.5 Å². The van der Waals surface area contributed by atoms with E-state index in [1.807, 2.05) is 12.1 Å². The van der Waals surface area contributed by atoms with Crippen LogP contribution in [-0.2, 0) is 12.8 Å². The van der Waals surface area contributed by atoms with Crippen LogP contribution in [0.5, 0.6) is 0 Å². The van der Waals surface area contributed by atoms with E-state index in [0.29, 0.717) is 0 Å². The average Bonchev–Trinajstić information content (AvgIpc) is 3.24. The minimum atomic E-state index is 0.820. The molecule has 0 atom stereocenters. The van der Waals surface area contributed by atoms with E-state index in [9.17, 15) is 0 Å². The molecule has 0 aromatic carbocycles. The Morgan fingerprint density at radius 1 is 1.30 bits per heavy atom. The zero-order chi connectivity index (χ0) is 16.3. The van der Waals surface area contributed by atoms with E-state index in [1.165, 1.54) is 17.7 Å². The number of guanidine groups is 1. The minimum Gasteiger partial charge on any atom is -0.469 e. The van der Waals surface area contributed by atoms with Gasteiger partial charge in [0.2, 0.25) is 0 Å². The number of thiophene rings is 1. The van der Waals surface area contributed by atoms with Gasteiger partial charge in [-0.1, -0.05) is 19.4 Å². The van der Waals surface area contributed by atoms with Gasteiger partial charge in [0, 0.05) is 44.4 Å². The zero-order valence-electron chi connectivity index (χ0n) is 14.1. The summed E-state index contributed by atoms with van der Waals surface area (Å²) in [4.78, 5) is 8.39. The number of unbranched alkanes of at least 4 members (excludes halogenated alkanes) is 1. The van der Waals surface area contributed by atoms with Crippen molar-refractivity contribution in [2.75, 3.05) is 26.7 Å². The van der Waals surface area contributed by atoms with Crippen molar-refractivity contribution in [2.24, 2.45) is 4.99 Å². The maximum Gasteiger partial charge on any atom is 0.193 e. The molecule has 0 aliphatic carbocycles. The summed E-state index contributed by atoms with van der Waals surface area (Å²) < 4.78 is 5.38. The molecule has 0 aliphatic rings. The van der Waals surface area contributed by atoms with Gasteiger partial charge in [-0.15, -0.1) is 11.3 Å². The molecule has 0 aliphatic heterocycles. The number of hydrogen-bond donors (Lipinski definition) is 1. The van der Waals surface area contributed by atoms with Gasteiger partial charge in [0.05, 0.1) is 6.26 Å². The normalized spacial score (nSPS) is 11.7. The molecule has 2 aromatic heterocycles. The molecule has 2 rings (SSSR count). The molecule has 0 saturated carbocycles. The molecule has 0 unspecified atom stereocenters. The average molecular weight is 334 g/mol. The lowest BCUT2D eigenvalue weighted by molar-refractivity contribution is 0.459. The first kappa shape index (κ1) is 17.6. The lowest BCUT2D eigenvalue weighted by Gasteiger charge is -2.22. The number of hydrogen-bond acceptors (Lipinski definition) is 3. The molecule has 4 nitrogen and oxygen atoms in total. The van der Waals surface area contributed by atoms with Crippen LogP contribution in [0.4, 0.5) is 0 Å². The van der Waals surface area contributed by atoms with Crippen molar-refractivity contribution in [3.05, 3.63) is 46.5 Å². The summed E-state index contributed by atoms with van der Waals surface area (Å²) in [5, 5.41) is 5.59. The van der Waals surface area contributed by atoms with E-state index in [0.717, 1.165) is 44.2 Å². The number of furan rings is 1. The summed E-state index contributed by atoms with van der Waals surface area (Å²) >= 11 is 1.80. The lowest BCUT2D eigenvalue weighted by Crippen LogP contribution is -2.40. The highest BCUT2D eigenvalue weighted by molar-refractivity contribution is 7.09. The van der Waals surface area contributed by atoms with Crippen LogP contribution in [0.3, 0.4) is 0 Å². The van der Waals surface area contributed by atoms with Gasteiger partial charge in [0.25, 0.3) is 0 Å². The first-order valence-electron chi connectivity index (χ1n) is 8.33. The molecule has 5 heteroatoms. The van der Waals surface area contributed by atoms with Crippen LogP contribution in [0.15, 0.2) is 45.3 Å². The van der Waals surface area contributed by atoms with Gasteiger partial charge in [-0.25, -0.2) is 0 Å². The summed E-state index contributed by atoms with van der Waals surface area (Å²) in [5.41, 5.74) is 0. The third kappa shape index (κ3) is 6.48. The molecule has 2 aromatic rings. The molecule has 0 amide bonds. The molecule has 0 spiro atoms. The molecule has 2 heterocycles. The number of rotatable bonds is 9. The highest BCUT2D eigenvalue weighted by atomic mass is 32.1. The summed E-state index contributed by atoms with van der Waals surface area (Å²) in [6, 6.07) is 8.21. The Labute approximate surface area is 143 Å². The molecular formula is C18H27N3OS. The molecule has 0 radical (unpaired) electrons. The summed E-state index contributed by atoms with van der Waals surface area (Å²) in [6.07, 6.45) is 5.97. The van der Waals surface area contributed by atoms with Gasteiger partial charge in [-0.2, -0.15) is 0 Å². The Balaban J connectivity index is 1.84.